The van der Waals surface area contributed by atoms with Gasteiger partial charge in [0.05, 0.1) is 17.4 Å². The van der Waals surface area contributed by atoms with E-state index >= 15 is 0 Å². The van der Waals surface area contributed by atoms with Crippen molar-refractivity contribution < 1.29 is 9.53 Å². The third kappa shape index (κ3) is 3.99. The zero-order valence-electron chi connectivity index (χ0n) is 16.0. The smallest absolute Gasteiger partial charge is 0.258 e. The highest BCUT2D eigenvalue weighted by molar-refractivity contribution is 6.06. The van der Waals surface area contributed by atoms with Crippen LogP contribution in [0, 0.1) is 0 Å². The molecule has 148 valence electrons. The Morgan fingerprint density at radius 2 is 1.83 bits per heavy atom. The van der Waals surface area contributed by atoms with Crippen LogP contribution >= 0.6 is 0 Å². The molecule has 0 fully saturated rings. The van der Waals surface area contributed by atoms with E-state index in [4.69, 9.17) is 16.2 Å². The van der Waals surface area contributed by atoms with Crippen LogP contribution in [-0.4, -0.2) is 26.5 Å². The number of imidazole rings is 1. The molecular formula is C22H23N5O2. The maximum Gasteiger partial charge on any atom is 0.258 e. The van der Waals surface area contributed by atoms with E-state index in [0.29, 0.717) is 23.5 Å². The van der Waals surface area contributed by atoms with Crippen molar-refractivity contribution in [2.75, 3.05) is 5.73 Å². The number of hydrogen-bond acceptors (Lipinski definition) is 5. The van der Waals surface area contributed by atoms with Crippen molar-refractivity contribution >= 4 is 33.7 Å². The van der Waals surface area contributed by atoms with Gasteiger partial charge in [-0.2, -0.15) is 0 Å². The van der Waals surface area contributed by atoms with E-state index in [2.05, 4.69) is 14.5 Å². The van der Waals surface area contributed by atoms with Crippen LogP contribution in [0.2, 0.25) is 0 Å². The molecule has 0 aliphatic carbocycles. The number of ether oxygens (including phenoxy) is 1. The molecule has 4 rings (SSSR count). The van der Waals surface area contributed by atoms with Crippen molar-refractivity contribution in [3.05, 3.63) is 60.9 Å². The Morgan fingerprint density at radius 1 is 1.07 bits per heavy atom. The number of pyridine rings is 1. The number of nitrogens with zero attached hydrogens (tertiary/aromatic N) is 3. The van der Waals surface area contributed by atoms with E-state index in [1.807, 2.05) is 54.6 Å². The average molecular weight is 389 g/mol. The van der Waals surface area contributed by atoms with Crippen LogP contribution < -0.4 is 16.2 Å². The van der Waals surface area contributed by atoms with Gasteiger partial charge in [0.2, 0.25) is 0 Å². The first-order valence-corrected chi connectivity index (χ1v) is 9.63. The lowest BCUT2D eigenvalue weighted by molar-refractivity contribution is -0.125. The van der Waals surface area contributed by atoms with Crippen molar-refractivity contribution in [2.24, 2.45) is 5.73 Å². The van der Waals surface area contributed by atoms with Crippen molar-refractivity contribution in [3.63, 3.8) is 0 Å². The number of hydrogen-bond donors (Lipinski definition) is 2. The predicted octanol–water partition coefficient (Wildman–Crippen LogP) is 3.27. The number of amides is 1. The van der Waals surface area contributed by atoms with Gasteiger partial charge in [0.1, 0.15) is 11.3 Å². The number of primary amides is 1. The molecule has 29 heavy (non-hydrogen) atoms. The number of aromatic nitrogens is 3. The normalized spacial score (nSPS) is 12.3. The quantitative estimate of drug-likeness (QED) is 0.450. The summed E-state index contributed by atoms with van der Waals surface area (Å²) in [4.78, 5) is 20.6. The van der Waals surface area contributed by atoms with Gasteiger partial charge in [0.25, 0.3) is 5.91 Å². The van der Waals surface area contributed by atoms with Crippen molar-refractivity contribution in [1.82, 2.24) is 14.5 Å². The Labute approximate surface area is 168 Å². The Kier molecular flexibility index (Phi) is 5.29. The first-order chi connectivity index (χ1) is 14.1. The fourth-order valence-electron chi connectivity index (χ4n) is 3.51. The lowest BCUT2D eigenvalue weighted by Gasteiger charge is -2.16. The van der Waals surface area contributed by atoms with E-state index in [-0.39, 0.29) is 0 Å². The molecule has 0 saturated carbocycles. The molecule has 7 nitrogen and oxygen atoms in total. The highest BCUT2D eigenvalue weighted by atomic mass is 16.5. The second-order valence-corrected chi connectivity index (χ2v) is 6.97. The minimum absolute atomic E-state index is 0.433. The molecule has 2 aromatic heterocycles. The number of nitrogens with two attached hydrogens (primary N) is 2. The van der Waals surface area contributed by atoms with E-state index in [0.717, 1.165) is 35.8 Å². The van der Waals surface area contributed by atoms with Crippen LogP contribution in [0.3, 0.4) is 0 Å². The number of benzene rings is 2. The van der Waals surface area contributed by atoms with Gasteiger partial charge in [0.15, 0.2) is 11.9 Å². The highest BCUT2D eigenvalue weighted by Gasteiger charge is 2.17. The van der Waals surface area contributed by atoms with Crippen molar-refractivity contribution in [1.29, 1.82) is 0 Å². The van der Waals surface area contributed by atoms with Crippen LogP contribution in [0.1, 0.15) is 19.3 Å². The predicted molar refractivity (Wildman–Crippen MR) is 113 cm³/mol. The third-order valence-electron chi connectivity index (χ3n) is 4.93. The first-order valence-electron chi connectivity index (χ1n) is 9.63. The van der Waals surface area contributed by atoms with E-state index in [1.54, 1.807) is 6.33 Å². The van der Waals surface area contributed by atoms with Gasteiger partial charge in [-0.05, 0) is 37.5 Å². The zero-order valence-corrected chi connectivity index (χ0v) is 16.0. The second-order valence-electron chi connectivity index (χ2n) is 6.97. The van der Waals surface area contributed by atoms with Gasteiger partial charge >= 0.3 is 0 Å². The van der Waals surface area contributed by atoms with Crippen LogP contribution in [-0.2, 0) is 11.3 Å². The fourth-order valence-corrected chi connectivity index (χ4v) is 3.51. The number of para-hydroxylation sites is 2. The maximum atomic E-state index is 11.7. The summed E-state index contributed by atoms with van der Waals surface area (Å²) in [5.41, 5.74) is 14.1. The molecule has 0 aliphatic rings. The monoisotopic (exact) mass is 389 g/mol. The summed E-state index contributed by atoms with van der Waals surface area (Å²) in [5.74, 6) is 0.626. The molecule has 0 bridgehead atoms. The Bertz CT molecular complexity index is 1140. The van der Waals surface area contributed by atoms with Crippen molar-refractivity contribution in [2.45, 2.75) is 31.9 Å². The SMILES string of the molecule is NC(=O)C(CCCCn1cnc2c(N)nc3ccccc3c21)Oc1ccccc1. The van der Waals surface area contributed by atoms with Gasteiger partial charge in [-0.1, -0.05) is 36.4 Å². The minimum atomic E-state index is -0.641. The number of anilines is 1. The van der Waals surface area contributed by atoms with Crippen molar-refractivity contribution in [3.8, 4) is 5.75 Å². The summed E-state index contributed by atoms with van der Waals surface area (Å²) in [6.45, 7) is 0.751. The second kappa shape index (κ2) is 8.18. The molecule has 4 N–H and O–H groups in total. The number of carbonyl (C=O) groups is 1. The topological polar surface area (TPSA) is 109 Å². The number of fused-ring (bicyclic) bond motifs is 3. The summed E-state index contributed by atoms with van der Waals surface area (Å²) in [5, 5.41) is 1.02. The molecular weight excluding hydrogens is 366 g/mol. The molecule has 1 atom stereocenters. The zero-order chi connectivity index (χ0) is 20.2. The largest absolute Gasteiger partial charge is 0.481 e. The minimum Gasteiger partial charge on any atom is -0.481 e. The fraction of sp³-hybridized carbons (Fsp3) is 0.227. The van der Waals surface area contributed by atoms with Gasteiger partial charge in [-0.15, -0.1) is 0 Å². The van der Waals surface area contributed by atoms with Gasteiger partial charge in [-0.25, -0.2) is 9.97 Å². The molecule has 0 radical (unpaired) electrons. The lowest BCUT2D eigenvalue weighted by atomic mass is 10.1. The van der Waals surface area contributed by atoms with E-state index in [1.165, 1.54) is 0 Å². The summed E-state index contributed by atoms with van der Waals surface area (Å²) in [7, 11) is 0. The van der Waals surface area contributed by atoms with E-state index < -0.39 is 12.0 Å². The highest BCUT2D eigenvalue weighted by Crippen LogP contribution is 2.27. The van der Waals surface area contributed by atoms with Crippen LogP contribution in [0.25, 0.3) is 21.9 Å². The molecule has 0 aliphatic heterocycles. The Balaban J connectivity index is 1.44. The number of aryl methyl sites for hydroxylation is 1. The molecule has 2 heterocycles. The summed E-state index contributed by atoms with van der Waals surface area (Å²) in [6, 6.07) is 17.2. The summed E-state index contributed by atoms with van der Waals surface area (Å²) in [6.07, 6.45) is 3.35. The van der Waals surface area contributed by atoms with Crippen LogP contribution in [0.15, 0.2) is 60.9 Å². The number of carbonyl (C=O) groups excluding carboxylic acids is 1. The number of unbranched alkanes of at least 4 members (excludes halogenated alkanes) is 1. The molecule has 4 aromatic rings. The number of nitrogen functional groups attached to an aromatic ring is 1. The Morgan fingerprint density at radius 3 is 2.62 bits per heavy atom. The molecule has 2 aromatic carbocycles. The Hall–Kier alpha value is -3.61. The maximum absolute atomic E-state index is 11.7. The lowest BCUT2D eigenvalue weighted by Crippen LogP contribution is -2.33. The van der Waals surface area contributed by atoms with Gasteiger partial charge in [-0.3, -0.25) is 4.79 Å². The standard InChI is InChI=1S/C22H23N5O2/c23-21-19-20(16-10-4-5-11-17(16)26-21)27(14-25-19)13-7-6-12-18(22(24)28)29-15-8-2-1-3-9-15/h1-5,8-11,14,18H,6-7,12-13H2,(H2,23,26)(H2,24,28). The molecule has 7 heteroatoms. The average Bonchev–Trinajstić information content (AvgIpc) is 3.16. The third-order valence-corrected chi connectivity index (χ3v) is 4.93. The van der Waals surface area contributed by atoms with Gasteiger partial charge in [0, 0.05) is 11.9 Å². The first kappa shape index (κ1) is 18.7. The summed E-state index contributed by atoms with van der Waals surface area (Å²) >= 11 is 0. The van der Waals surface area contributed by atoms with E-state index in [9.17, 15) is 4.79 Å². The molecule has 0 spiro atoms. The van der Waals surface area contributed by atoms with Crippen LogP contribution in [0.4, 0.5) is 5.82 Å². The van der Waals surface area contributed by atoms with Gasteiger partial charge < -0.3 is 20.8 Å². The molecule has 1 unspecified atom stereocenters. The molecule has 0 saturated heterocycles. The summed E-state index contributed by atoms with van der Waals surface area (Å²) < 4.78 is 7.83. The molecule has 1 amide bonds. The number of rotatable bonds is 8. The van der Waals surface area contributed by atoms with Crippen LogP contribution in [0.5, 0.6) is 5.75 Å².